The molecular weight excluding hydrogens is 499 g/mol. The first kappa shape index (κ1) is 26.5. The van der Waals surface area contributed by atoms with Gasteiger partial charge < -0.3 is 19.1 Å². The molecule has 1 aromatic heterocycles. The molecule has 8 nitrogen and oxygen atoms in total. The topological polar surface area (TPSA) is 70.9 Å². The van der Waals surface area contributed by atoms with Gasteiger partial charge in [-0.1, -0.05) is 19.1 Å². The van der Waals surface area contributed by atoms with Crippen molar-refractivity contribution in [1.29, 1.82) is 0 Å². The number of aryl methyl sites for hydroxylation is 1. The van der Waals surface area contributed by atoms with Crippen molar-refractivity contribution >= 4 is 11.8 Å². The van der Waals surface area contributed by atoms with Gasteiger partial charge in [-0.3, -0.25) is 14.5 Å². The largest absolute Gasteiger partial charge is 0.573 e. The summed E-state index contributed by atoms with van der Waals surface area (Å²) in [5.41, 5.74) is 0.842. The Morgan fingerprint density at radius 3 is 2.50 bits per heavy atom. The van der Waals surface area contributed by atoms with E-state index in [0.29, 0.717) is 48.0 Å². The van der Waals surface area contributed by atoms with E-state index < -0.39 is 6.36 Å². The number of benzene rings is 1. The fraction of sp³-hybridized carbons (Fsp3) is 0.593. The number of amides is 2. The van der Waals surface area contributed by atoms with Gasteiger partial charge >= 0.3 is 6.36 Å². The fourth-order valence-corrected chi connectivity index (χ4v) is 5.91. The lowest BCUT2D eigenvalue weighted by Gasteiger charge is -2.32. The van der Waals surface area contributed by atoms with Crippen LogP contribution in [-0.2, 0) is 18.4 Å². The third-order valence-electron chi connectivity index (χ3n) is 8.09. The number of nitrogens with zero attached hydrogens (tertiary/aromatic N) is 5. The van der Waals surface area contributed by atoms with Gasteiger partial charge in [-0.05, 0) is 54.2 Å². The zero-order valence-corrected chi connectivity index (χ0v) is 21.7. The highest BCUT2D eigenvalue weighted by Crippen LogP contribution is 2.52. The summed E-state index contributed by atoms with van der Waals surface area (Å²) >= 11 is 0. The Morgan fingerprint density at radius 1 is 1.16 bits per heavy atom. The Labute approximate surface area is 220 Å². The Balaban J connectivity index is 1.20. The van der Waals surface area contributed by atoms with Crippen molar-refractivity contribution in [1.82, 2.24) is 24.3 Å². The molecule has 0 bridgehead atoms. The van der Waals surface area contributed by atoms with E-state index >= 15 is 0 Å². The standard InChI is InChI=1S/C27H34F3N5O3/c1-18-6-8-34(9-7-18)25(36)16-33-12-21-22(13-33)23(21)14-35(26(37)24-15-32(2)17-31-24)11-19-4-3-5-20(10-19)38-27(28,29)30/h3-5,10,15,17-18,21-23H,6-9,11-14,16H2,1-2H3. The molecule has 206 valence electrons. The third kappa shape index (κ3) is 6.31. The second-order valence-electron chi connectivity index (χ2n) is 11.1. The third-order valence-corrected chi connectivity index (χ3v) is 8.09. The van der Waals surface area contributed by atoms with Crippen LogP contribution in [0.5, 0.6) is 5.75 Å². The van der Waals surface area contributed by atoms with E-state index in [4.69, 9.17) is 0 Å². The molecule has 2 saturated heterocycles. The molecule has 2 atom stereocenters. The Hall–Kier alpha value is -3.08. The number of rotatable bonds is 8. The lowest BCUT2D eigenvalue weighted by Crippen LogP contribution is -2.44. The maximum absolute atomic E-state index is 13.3. The van der Waals surface area contributed by atoms with Gasteiger partial charge in [-0.15, -0.1) is 13.2 Å². The molecule has 2 amide bonds. The number of alkyl halides is 3. The molecule has 2 aliphatic heterocycles. The summed E-state index contributed by atoms with van der Waals surface area (Å²) in [6.45, 7) is 6.63. The van der Waals surface area contributed by atoms with E-state index in [1.807, 2.05) is 4.90 Å². The molecule has 2 unspecified atom stereocenters. The first-order chi connectivity index (χ1) is 18.1. The van der Waals surface area contributed by atoms with Crippen molar-refractivity contribution in [3.8, 4) is 5.75 Å². The summed E-state index contributed by atoms with van der Waals surface area (Å²) in [7, 11) is 1.78. The molecule has 3 heterocycles. The highest BCUT2D eigenvalue weighted by molar-refractivity contribution is 5.92. The number of carbonyl (C=O) groups excluding carboxylic acids is 2. The Bertz CT molecular complexity index is 1150. The van der Waals surface area contributed by atoms with E-state index in [2.05, 4.69) is 21.5 Å². The molecule has 38 heavy (non-hydrogen) atoms. The summed E-state index contributed by atoms with van der Waals surface area (Å²) in [5.74, 6) is 1.40. The lowest BCUT2D eigenvalue weighted by atomic mass is 9.99. The van der Waals surface area contributed by atoms with Gasteiger partial charge in [0.2, 0.25) is 5.91 Å². The van der Waals surface area contributed by atoms with Gasteiger partial charge in [0.15, 0.2) is 0 Å². The summed E-state index contributed by atoms with van der Waals surface area (Å²) in [6.07, 6.45) is 0.524. The summed E-state index contributed by atoms with van der Waals surface area (Å²) in [5, 5.41) is 0. The fourth-order valence-electron chi connectivity index (χ4n) is 5.91. The minimum atomic E-state index is -4.78. The van der Waals surface area contributed by atoms with Crippen LogP contribution in [-0.4, -0.2) is 81.7 Å². The van der Waals surface area contributed by atoms with Crippen molar-refractivity contribution in [2.75, 3.05) is 39.3 Å². The molecule has 1 aromatic carbocycles. The first-order valence-electron chi connectivity index (χ1n) is 13.2. The lowest BCUT2D eigenvalue weighted by molar-refractivity contribution is -0.274. The van der Waals surface area contributed by atoms with Crippen LogP contribution >= 0.6 is 0 Å². The van der Waals surface area contributed by atoms with Crippen LogP contribution in [0.25, 0.3) is 0 Å². The number of hydrogen-bond donors (Lipinski definition) is 0. The average molecular weight is 534 g/mol. The molecule has 5 rings (SSSR count). The maximum atomic E-state index is 13.3. The molecule has 0 N–H and O–H groups in total. The van der Waals surface area contributed by atoms with Crippen molar-refractivity contribution in [3.63, 3.8) is 0 Å². The molecule has 1 aliphatic carbocycles. The second-order valence-corrected chi connectivity index (χ2v) is 11.1. The summed E-state index contributed by atoms with van der Waals surface area (Å²) < 4.78 is 43.9. The van der Waals surface area contributed by atoms with Crippen molar-refractivity contribution < 1.29 is 27.5 Å². The smallest absolute Gasteiger partial charge is 0.406 e. The van der Waals surface area contributed by atoms with Crippen LogP contribution in [0, 0.1) is 23.7 Å². The molecule has 3 aliphatic rings. The van der Waals surface area contributed by atoms with Crippen molar-refractivity contribution in [2.45, 2.75) is 32.7 Å². The predicted molar refractivity (Wildman–Crippen MR) is 133 cm³/mol. The number of carbonyl (C=O) groups is 2. The number of halogens is 3. The maximum Gasteiger partial charge on any atom is 0.573 e. The second kappa shape index (κ2) is 10.6. The van der Waals surface area contributed by atoms with Gasteiger partial charge in [0.25, 0.3) is 5.91 Å². The van der Waals surface area contributed by atoms with E-state index in [0.717, 1.165) is 39.0 Å². The van der Waals surface area contributed by atoms with Crippen molar-refractivity contribution in [3.05, 3.63) is 48.0 Å². The molecular formula is C27H34F3N5O3. The molecule has 3 fully saturated rings. The number of piperidine rings is 2. The van der Waals surface area contributed by atoms with Crippen molar-refractivity contribution in [2.24, 2.45) is 30.7 Å². The number of imidazole rings is 1. The van der Waals surface area contributed by atoms with Gasteiger partial charge in [0.05, 0.1) is 12.9 Å². The number of aromatic nitrogens is 2. The number of ether oxygens (including phenoxy) is 1. The Kier molecular flexibility index (Phi) is 7.39. The zero-order chi connectivity index (χ0) is 27.0. The van der Waals surface area contributed by atoms with Crippen LogP contribution in [0.3, 0.4) is 0 Å². The number of fused-ring (bicyclic) bond motifs is 1. The quantitative estimate of drug-likeness (QED) is 0.520. The van der Waals surface area contributed by atoms with Gasteiger partial charge in [0.1, 0.15) is 11.4 Å². The van der Waals surface area contributed by atoms with Gasteiger partial charge in [0, 0.05) is 52.5 Å². The molecule has 0 spiro atoms. The van der Waals surface area contributed by atoms with Crippen LogP contribution in [0.4, 0.5) is 13.2 Å². The van der Waals surface area contributed by atoms with E-state index in [-0.39, 0.29) is 24.1 Å². The van der Waals surface area contributed by atoms with Crippen LogP contribution in [0.2, 0.25) is 0 Å². The van der Waals surface area contributed by atoms with E-state index in [1.165, 1.54) is 18.2 Å². The molecule has 2 aromatic rings. The molecule has 1 saturated carbocycles. The monoisotopic (exact) mass is 533 g/mol. The molecule has 0 radical (unpaired) electrons. The molecule has 11 heteroatoms. The average Bonchev–Trinajstić information content (AvgIpc) is 3.16. The summed E-state index contributed by atoms with van der Waals surface area (Å²) in [6, 6.07) is 5.73. The highest BCUT2D eigenvalue weighted by Gasteiger charge is 2.56. The SMILES string of the molecule is CC1CCN(C(=O)CN2CC3C(C2)C3CN(Cc2cccc(OC(F)(F)F)c2)C(=O)c2cn(C)cn2)CC1. The normalized spacial score (nSPS) is 23.8. The predicted octanol–water partition coefficient (Wildman–Crippen LogP) is 3.40. The van der Waals surface area contributed by atoms with Crippen LogP contribution in [0.1, 0.15) is 35.8 Å². The summed E-state index contributed by atoms with van der Waals surface area (Å²) in [4.78, 5) is 36.1. The minimum Gasteiger partial charge on any atom is -0.406 e. The van der Waals surface area contributed by atoms with Gasteiger partial charge in [-0.25, -0.2) is 4.98 Å². The minimum absolute atomic E-state index is 0.149. The van der Waals surface area contributed by atoms with Gasteiger partial charge in [-0.2, -0.15) is 0 Å². The highest BCUT2D eigenvalue weighted by atomic mass is 19.4. The Morgan fingerprint density at radius 2 is 1.87 bits per heavy atom. The van der Waals surface area contributed by atoms with E-state index in [1.54, 1.807) is 35.1 Å². The van der Waals surface area contributed by atoms with E-state index in [9.17, 15) is 22.8 Å². The zero-order valence-electron chi connectivity index (χ0n) is 21.7. The number of likely N-dealkylation sites (tertiary alicyclic amines) is 2. The van der Waals surface area contributed by atoms with Crippen LogP contribution in [0.15, 0.2) is 36.8 Å². The van der Waals surface area contributed by atoms with Crippen LogP contribution < -0.4 is 4.74 Å². The first-order valence-corrected chi connectivity index (χ1v) is 13.2. The number of hydrogen-bond acceptors (Lipinski definition) is 5.